The van der Waals surface area contributed by atoms with Crippen molar-refractivity contribution in [1.82, 2.24) is 14.9 Å². The minimum atomic E-state index is 0.0710. The highest BCUT2D eigenvalue weighted by Gasteiger charge is 2.43. The number of benzene rings is 1. The Bertz CT molecular complexity index is 850. The molecule has 0 spiro atoms. The molecule has 0 saturated carbocycles. The summed E-state index contributed by atoms with van der Waals surface area (Å²) in [7, 11) is 3.80. The van der Waals surface area contributed by atoms with Crippen LogP contribution in [0.3, 0.4) is 0 Å². The van der Waals surface area contributed by atoms with Gasteiger partial charge in [0.2, 0.25) is 5.95 Å². The summed E-state index contributed by atoms with van der Waals surface area (Å²) < 4.78 is 5.26. The van der Waals surface area contributed by atoms with Crippen molar-refractivity contribution in [3.05, 3.63) is 29.4 Å². The highest BCUT2D eigenvalue weighted by Crippen LogP contribution is 2.39. The van der Waals surface area contributed by atoms with Gasteiger partial charge in [0.05, 0.1) is 12.1 Å². The first-order valence-electron chi connectivity index (χ1n) is 9.50. The zero-order valence-corrected chi connectivity index (χ0v) is 18.3. The molecule has 28 heavy (non-hydrogen) atoms. The second kappa shape index (κ2) is 7.41. The Morgan fingerprint density at radius 2 is 1.86 bits per heavy atom. The van der Waals surface area contributed by atoms with Gasteiger partial charge in [0.25, 0.3) is 0 Å². The Morgan fingerprint density at radius 3 is 2.43 bits per heavy atom. The van der Waals surface area contributed by atoms with Crippen LogP contribution in [0.4, 0.5) is 11.8 Å². The summed E-state index contributed by atoms with van der Waals surface area (Å²) in [6, 6.07) is 5.93. The van der Waals surface area contributed by atoms with Gasteiger partial charge in [-0.05, 0) is 65.3 Å². The fourth-order valence-corrected chi connectivity index (χ4v) is 4.48. The lowest BCUT2D eigenvalue weighted by molar-refractivity contribution is -0.00771. The summed E-state index contributed by atoms with van der Waals surface area (Å²) in [6.45, 7) is 9.12. The standard InChI is InChI=1S/C21H30ClN5O/c1-20(2)10-14(11-21(3,4)27(20)5)25-18-15(12-24-19(23)26-18)13-7-8-17(28-6)16(22)9-13/h7-9,12,14H,10-11H2,1-6H3,(H3,23,24,25,26). The number of hydrogen-bond acceptors (Lipinski definition) is 6. The van der Waals surface area contributed by atoms with Crippen LogP contribution in [-0.2, 0) is 0 Å². The first-order valence-corrected chi connectivity index (χ1v) is 9.88. The first-order chi connectivity index (χ1) is 13.0. The molecule has 1 saturated heterocycles. The normalized spacial score (nSPS) is 19.4. The number of piperidine rings is 1. The van der Waals surface area contributed by atoms with Crippen molar-refractivity contribution in [2.45, 2.75) is 57.7 Å². The fourth-order valence-electron chi connectivity index (χ4n) is 4.22. The number of aromatic nitrogens is 2. The lowest BCUT2D eigenvalue weighted by Crippen LogP contribution is -2.61. The largest absolute Gasteiger partial charge is 0.495 e. The van der Waals surface area contributed by atoms with Crippen molar-refractivity contribution >= 4 is 23.4 Å². The van der Waals surface area contributed by atoms with Crippen LogP contribution < -0.4 is 15.8 Å². The molecule has 3 N–H and O–H groups in total. The molecule has 1 aliphatic rings. The predicted octanol–water partition coefficient (Wildman–Crippen LogP) is 4.45. The lowest BCUT2D eigenvalue weighted by Gasteiger charge is -2.53. The monoisotopic (exact) mass is 403 g/mol. The van der Waals surface area contributed by atoms with Gasteiger partial charge in [-0.1, -0.05) is 17.7 Å². The molecule has 2 aromatic rings. The molecule has 1 aromatic heterocycles. The number of anilines is 2. The van der Waals surface area contributed by atoms with Crippen molar-refractivity contribution in [1.29, 1.82) is 0 Å². The average molecular weight is 404 g/mol. The third-order valence-corrected chi connectivity index (χ3v) is 6.21. The summed E-state index contributed by atoms with van der Waals surface area (Å²) in [5, 5.41) is 4.18. The second-order valence-electron chi connectivity index (χ2n) is 8.77. The number of halogens is 1. The number of methoxy groups -OCH3 is 1. The quantitative estimate of drug-likeness (QED) is 0.785. The molecule has 0 amide bonds. The average Bonchev–Trinajstić information content (AvgIpc) is 2.59. The molecule has 0 aliphatic carbocycles. The van der Waals surface area contributed by atoms with E-state index >= 15 is 0 Å². The molecule has 0 atom stereocenters. The van der Waals surface area contributed by atoms with E-state index in [0.29, 0.717) is 10.8 Å². The van der Waals surface area contributed by atoms with Crippen molar-refractivity contribution < 1.29 is 4.74 Å². The summed E-state index contributed by atoms with van der Waals surface area (Å²) in [4.78, 5) is 11.1. The molecule has 2 heterocycles. The van der Waals surface area contributed by atoms with E-state index in [1.165, 1.54) is 0 Å². The van der Waals surface area contributed by atoms with Gasteiger partial charge in [-0.3, -0.25) is 4.90 Å². The molecular formula is C21H30ClN5O. The van der Waals surface area contributed by atoms with Crippen LogP contribution in [0.25, 0.3) is 11.1 Å². The molecule has 152 valence electrons. The van der Waals surface area contributed by atoms with Gasteiger partial charge in [0.15, 0.2) is 0 Å². The molecule has 0 unspecified atom stereocenters. The minimum absolute atomic E-state index is 0.0710. The van der Waals surface area contributed by atoms with Gasteiger partial charge >= 0.3 is 0 Å². The maximum Gasteiger partial charge on any atom is 0.221 e. The predicted molar refractivity (Wildman–Crippen MR) is 116 cm³/mol. The van der Waals surface area contributed by atoms with Crippen molar-refractivity contribution in [2.75, 3.05) is 25.2 Å². The highest BCUT2D eigenvalue weighted by molar-refractivity contribution is 6.32. The molecule has 7 heteroatoms. The highest BCUT2D eigenvalue weighted by atomic mass is 35.5. The van der Waals surface area contributed by atoms with Gasteiger partial charge in [-0.15, -0.1) is 0 Å². The van der Waals surface area contributed by atoms with Gasteiger partial charge < -0.3 is 15.8 Å². The Morgan fingerprint density at radius 1 is 1.21 bits per heavy atom. The van der Waals surface area contributed by atoms with Crippen LogP contribution in [0.15, 0.2) is 24.4 Å². The number of nitrogens with two attached hydrogens (primary N) is 1. The van der Waals surface area contributed by atoms with Gasteiger partial charge in [0.1, 0.15) is 11.6 Å². The van der Waals surface area contributed by atoms with E-state index in [0.717, 1.165) is 29.8 Å². The minimum Gasteiger partial charge on any atom is -0.495 e. The Labute approximate surface area is 172 Å². The Balaban J connectivity index is 1.95. The second-order valence-corrected chi connectivity index (χ2v) is 9.18. The van der Waals surface area contributed by atoms with E-state index < -0.39 is 0 Å². The molecule has 3 rings (SSSR count). The third-order valence-electron chi connectivity index (χ3n) is 5.92. The number of nitrogen functional groups attached to an aromatic ring is 1. The van der Waals surface area contributed by atoms with Crippen molar-refractivity contribution in [3.63, 3.8) is 0 Å². The Hall–Kier alpha value is -2.05. The van der Waals surface area contributed by atoms with E-state index in [1.807, 2.05) is 18.2 Å². The maximum atomic E-state index is 6.33. The molecule has 0 radical (unpaired) electrons. The van der Waals surface area contributed by atoms with Crippen LogP contribution in [0.1, 0.15) is 40.5 Å². The summed E-state index contributed by atoms with van der Waals surface area (Å²) in [5.41, 5.74) is 7.83. The summed E-state index contributed by atoms with van der Waals surface area (Å²) in [6.07, 6.45) is 3.74. The van der Waals surface area contributed by atoms with Crippen LogP contribution in [0.2, 0.25) is 5.02 Å². The zero-order chi connectivity index (χ0) is 20.7. The number of nitrogens with zero attached hydrogens (tertiary/aromatic N) is 3. The summed E-state index contributed by atoms with van der Waals surface area (Å²) >= 11 is 6.33. The smallest absolute Gasteiger partial charge is 0.221 e. The number of hydrogen-bond donors (Lipinski definition) is 2. The molecule has 1 aromatic carbocycles. The zero-order valence-electron chi connectivity index (χ0n) is 17.5. The topological polar surface area (TPSA) is 76.3 Å². The Kier molecular flexibility index (Phi) is 5.47. The van der Waals surface area contributed by atoms with E-state index in [4.69, 9.17) is 22.1 Å². The van der Waals surface area contributed by atoms with Crippen LogP contribution >= 0.6 is 11.6 Å². The lowest BCUT2D eigenvalue weighted by atomic mass is 9.77. The van der Waals surface area contributed by atoms with E-state index in [-0.39, 0.29) is 23.1 Å². The van der Waals surface area contributed by atoms with Gasteiger partial charge in [-0.25, -0.2) is 4.98 Å². The number of nitrogens with one attached hydrogen (secondary N) is 1. The maximum absolute atomic E-state index is 6.33. The summed E-state index contributed by atoms with van der Waals surface area (Å²) in [5.74, 6) is 1.61. The van der Waals surface area contributed by atoms with Crippen LogP contribution in [0.5, 0.6) is 5.75 Å². The molecular weight excluding hydrogens is 374 g/mol. The van der Waals surface area contributed by atoms with Gasteiger partial charge in [-0.2, -0.15) is 4.98 Å². The number of rotatable bonds is 4. The first kappa shape index (κ1) is 20.7. The number of likely N-dealkylation sites (tertiary alicyclic amines) is 1. The van der Waals surface area contributed by atoms with Crippen LogP contribution in [-0.4, -0.2) is 46.1 Å². The van der Waals surface area contributed by atoms with E-state index in [2.05, 4.69) is 54.9 Å². The fraction of sp³-hybridized carbons (Fsp3) is 0.524. The number of ether oxygens (including phenoxy) is 1. The molecule has 6 nitrogen and oxygen atoms in total. The molecule has 1 aliphatic heterocycles. The van der Waals surface area contributed by atoms with E-state index in [1.54, 1.807) is 13.3 Å². The van der Waals surface area contributed by atoms with E-state index in [9.17, 15) is 0 Å². The molecule has 0 bridgehead atoms. The van der Waals surface area contributed by atoms with Crippen LogP contribution in [0, 0.1) is 0 Å². The third kappa shape index (κ3) is 4.03. The SMILES string of the molecule is COc1ccc(-c2cnc(N)nc2NC2CC(C)(C)N(C)C(C)(C)C2)cc1Cl. The van der Waals surface area contributed by atoms with Crippen molar-refractivity contribution in [3.8, 4) is 16.9 Å². The molecule has 1 fully saturated rings. The van der Waals surface area contributed by atoms with Crippen molar-refractivity contribution in [2.24, 2.45) is 0 Å². The van der Waals surface area contributed by atoms with Gasteiger partial charge in [0, 0.05) is 28.9 Å².